The Morgan fingerprint density at radius 1 is 1.37 bits per heavy atom. The molecule has 98 valence electrons. The van der Waals surface area contributed by atoms with Crippen LogP contribution in [-0.2, 0) is 10.7 Å². The molecule has 2 heterocycles. The first kappa shape index (κ1) is 12.2. The first-order valence-electron chi connectivity index (χ1n) is 6.03. The normalized spacial score (nSPS) is 18.8. The summed E-state index contributed by atoms with van der Waals surface area (Å²) in [4.78, 5) is 28.3. The van der Waals surface area contributed by atoms with E-state index in [2.05, 4.69) is 10.3 Å². The van der Waals surface area contributed by atoms with Crippen LogP contribution in [0.4, 0.5) is 0 Å². The minimum atomic E-state index is -0.203. The van der Waals surface area contributed by atoms with Crippen molar-refractivity contribution in [1.82, 2.24) is 14.9 Å². The van der Waals surface area contributed by atoms with Crippen LogP contribution >= 0.6 is 11.6 Å². The zero-order valence-electron chi connectivity index (χ0n) is 10.1. The highest BCUT2D eigenvalue weighted by atomic mass is 35.5. The van der Waals surface area contributed by atoms with Crippen LogP contribution in [0.25, 0.3) is 10.9 Å². The van der Waals surface area contributed by atoms with Gasteiger partial charge in [0.1, 0.15) is 5.82 Å². The summed E-state index contributed by atoms with van der Waals surface area (Å²) in [6, 6.07) is 6.95. The Morgan fingerprint density at radius 3 is 2.84 bits per heavy atom. The SMILES string of the molecule is O=C1CC(n2c(CCl)nc3ccccc3c2=O)CN1. The van der Waals surface area contributed by atoms with Crippen molar-refractivity contribution in [3.05, 3.63) is 40.4 Å². The molecular formula is C13H12ClN3O2. The van der Waals surface area contributed by atoms with E-state index in [0.29, 0.717) is 29.7 Å². The second-order valence-corrected chi connectivity index (χ2v) is 4.78. The summed E-state index contributed by atoms with van der Waals surface area (Å²) in [7, 11) is 0. The summed E-state index contributed by atoms with van der Waals surface area (Å²) >= 11 is 5.89. The molecule has 0 bridgehead atoms. The Morgan fingerprint density at radius 2 is 2.16 bits per heavy atom. The van der Waals surface area contributed by atoms with Gasteiger partial charge in [-0.15, -0.1) is 11.6 Å². The maximum absolute atomic E-state index is 12.5. The van der Waals surface area contributed by atoms with E-state index in [0.717, 1.165) is 0 Å². The summed E-state index contributed by atoms with van der Waals surface area (Å²) in [5.41, 5.74) is 0.499. The number of aromatic nitrogens is 2. The van der Waals surface area contributed by atoms with Crippen molar-refractivity contribution in [2.75, 3.05) is 6.54 Å². The van der Waals surface area contributed by atoms with Gasteiger partial charge in [-0.1, -0.05) is 12.1 Å². The van der Waals surface area contributed by atoms with Gasteiger partial charge >= 0.3 is 0 Å². The molecule has 0 radical (unpaired) electrons. The minimum absolute atomic E-state index is 0.0504. The summed E-state index contributed by atoms with van der Waals surface area (Å²) < 4.78 is 1.55. The zero-order chi connectivity index (χ0) is 13.4. The van der Waals surface area contributed by atoms with Crippen LogP contribution in [0.3, 0.4) is 0 Å². The maximum atomic E-state index is 12.5. The van der Waals surface area contributed by atoms with Crippen LogP contribution in [0.1, 0.15) is 18.3 Å². The zero-order valence-corrected chi connectivity index (χ0v) is 10.9. The largest absolute Gasteiger partial charge is 0.354 e. The second kappa shape index (κ2) is 4.66. The van der Waals surface area contributed by atoms with Gasteiger partial charge in [-0.2, -0.15) is 0 Å². The molecule has 1 aromatic carbocycles. The van der Waals surface area contributed by atoms with Crippen LogP contribution < -0.4 is 10.9 Å². The molecule has 1 fully saturated rings. The second-order valence-electron chi connectivity index (χ2n) is 4.52. The van der Waals surface area contributed by atoms with Gasteiger partial charge in [-0.25, -0.2) is 4.98 Å². The van der Waals surface area contributed by atoms with E-state index in [1.807, 2.05) is 6.07 Å². The molecule has 1 aliphatic rings. The average molecular weight is 278 g/mol. The van der Waals surface area contributed by atoms with Crippen molar-refractivity contribution in [3.8, 4) is 0 Å². The fraction of sp³-hybridized carbons (Fsp3) is 0.308. The first-order chi connectivity index (χ1) is 9.20. The fourth-order valence-corrected chi connectivity index (χ4v) is 2.62. The number of hydrogen-bond donors (Lipinski definition) is 1. The lowest BCUT2D eigenvalue weighted by molar-refractivity contribution is -0.119. The monoisotopic (exact) mass is 277 g/mol. The van der Waals surface area contributed by atoms with Crippen LogP contribution in [0.15, 0.2) is 29.1 Å². The molecule has 1 aromatic heterocycles. The summed E-state index contributed by atoms with van der Waals surface area (Å²) in [5, 5.41) is 3.28. The highest BCUT2D eigenvalue weighted by Gasteiger charge is 2.26. The number of benzene rings is 1. The fourth-order valence-electron chi connectivity index (χ4n) is 2.44. The van der Waals surface area contributed by atoms with Gasteiger partial charge < -0.3 is 5.32 Å². The molecule has 0 saturated carbocycles. The third kappa shape index (κ3) is 2.00. The van der Waals surface area contributed by atoms with Crippen LogP contribution in [0.2, 0.25) is 0 Å². The number of rotatable bonds is 2. The molecule has 2 aromatic rings. The summed E-state index contributed by atoms with van der Waals surface area (Å²) in [6.45, 7) is 0.447. The Labute approximate surface area is 114 Å². The number of halogens is 1. The quantitative estimate of drug-likeness (QED) is 0.839. The lowest BCUT2D eigenvalue weighted by Gasteiger charge is -2.16. The third-order valence-corrected chi connectivity index (χ3v) is 3.56. The highest BCUT2D eigenvalue weighted by Crippen LogP contribution is 2.18. The molecule has 1 aliphatic heterocycles. The van der Waals surface area contributed by atoms with E-state index in [1.54, 1.807) is 22.8 Å². The predicted octanol–water partition coefficient (Wildman–Crippen LogP) is 1.20. The van der Waals surface area contributed by atoms with E-state index < -0.39 is 0 Å². The van der Waals surface area contributed by atoms with E-state index in [4.69, 9.17) is 11.6 Å². The topological polar surface area (TPSA) is 64.0 Å². The minimum Gasteiger partial charge on any atom is -0.354 e. The first-order valence-corrected chi connectivity index (χ1v) is 6.57. The predicted molar refractivity (Wildman–Crippen MR) is 72.2 cm³/mol. The van der Waals surface area contributed by atoms with Crippen molar-refractivity contribution in [3.63, 3.8) is 0 Å². The molecule has 1 atom stereocenters. The molecule has 5 nitrogen and oxygen atoms in total. The molecule has 3 rings (SSSR count). The van der Waals surface area contributed by atoms with Gasteiger partial charge in [0.05, 0.1) is 22.8 Å². The van der Waals surface area contributed by atoms with Gasteiger partial charge in [-0.05, 0) is 12.1 Å². The van der Waals surface area contributed by atoms with Gasteiger partial charge in [0.25, 0.3) is 5.56 Å². The number of carbonyl (C=O) groups is 1. The number of nitrogens with one attached hydrogen (secondary N) is 1. The van der Waals surface area contributed by atoms with Crippen molar-refractivity contribution >= 4 is 28.4 Å². The number of nitrogens with zero attached hydrogens (tertiary/aromatic N) is 2. The van der Waals surface area contributed by atoms with E-state index in [1.165, 1.54) is 0 Å². The molecule has 1 amide bonds. The smallest absolute Gasteiger partial charge is 0.261 e. The van der Waals surface area contributed by atoms with Crippen molar-refractivity contribution in [2.45, 2.75) is 18.3 Å². The van der Waals surface area contributed by atoms with Gasteiger partial charge in [-0.3, -0.25) is 14.2 Å². The van der Waals surface area contributed by atoms with Crippen LogP contribution in [0.5, 0.6) is 0 Å². The summed E-state index contributed by atoms with van der Waals surface area (Å²) in [5.74, 6) is 0.600. The van der Waals surface area contributed by atoms with E-state index >= 15 is 0 Å². The lowest BCUT2D eigenvalue weighted by atomic mass is 10.2. The van der Waals surface area contributed by atoms with E-state index in [9.17, 15) is 9.59 Å². The van der Waals surface area contributed by atoms with Crippen LogP contribution in [0, 0.1) is 0 Å². The van der Waals surface area contributed by atoms with Gasteiger partial charge in [0, 0.05) is 13.0 Å². The molecule has 0 aliphatic carbocycles. The number of carbonyl (C=O) groups excluding carboxylic acids is 1. The van der Waals surface area contributed by atoms with Gasteiger partial charge in [0.15, 0.2) is 0 Å². The number of para-hydroxylation sites is 1. The number of hydrogen-bond acceptors (Lipinski definition) is 3. The lowest BCUT2D eigenvalue weighted by Crippen LogP contribution is -2.30. The third-order valence-electron chi connectivity index (χ3n) is 3.32. The molecule has 1 N–H and O–H groups in total. The Kier molecular flexibility index (Phi) is 2.98. The number of alkyl halides is 1. The van der Waals surface area contributed by atoms with Crippen molar-refractivity contribution in [1.29, 1.82) is 0 Å². The molecule has 1 saturated heterocycles. The maximum Gasteiger partial charge on any atom is 0.261 e. The van der Waals surface area contributed by atoms with Crippen molar-refractivity contribution < 1.29 is 4.79 Å². The molecule has 19 heavy (non-hydrogen) atoms. The Bertz CT molecular complexity index is 711. The molecule has 0 spiro atoms. The highest BCUT2D eigenvalue weighted by molar-refractivity contribution is 6.16. The number of amides is 1. The molecule has 1 unspecified atom stereocenters. The summed E-state index contributed by atoms with van der Waals surface area (Å²) in [6.07, 6.45) is 0.295. The van der Waals surface area contributed by atoms with Crippen LogP contribution in [-0.4, -0.2) is 22.0 Å². The molecular weight excluding hydrogens is 266 g/mol. The number of fused-ring (bicyclic) bond motifs is 1. The van der Waals surface area contributed by atoms with Gasteiger partial charge in [0.2, 0.25) is 5.91 Å². The Balaban J connectivity index is 2.25. The van der Waals surface area contributed by atoms with E-state index in [-0.39, 0.29) is 23.4 Å². The van der Waals surface area contributed by atoms with Crippen molar-refractivity contribution in [2.24, 2.45) is 0 Å². The molecule has 6 heteroatoms. The Hall–Kier alpha value is -1.88. The standard InChI is InChI=1S/C13H12ClN3O2/c14-6-11-16-10-4-2-1-3-9(10)13(19)17(11)8-5-12(18)15-7-8/h1-4,8H,5-7H2,(H,15,18). The average Bonchev–Trinajstić information content (AvgIpc) is 2.84.